The van der Waals surface area contributed by atoms with Crippen LogP contribution in [0.1, 0.15) is 5.56 Å². The first kappa shape index (κ1) is 14.2. The molecule has 2 rings (SSSR count). The van der Waals surface area contributed by atoms with Gasteiger partial charge in [0, 0.05) is 30.0 Å². The van der Waals surface area contributed by atoms with Crippen LogP contribution < -0.4 is 4.74 Å². The molecule has 0 atom stereocenters. The third-order valence-electron chi connectivity index (χ3n) is 2.83. The van der Waals surface area contributed by atoms with E-state index in [0.29, 0.717) is 22.6 Å². The van der Waals surface area contributed by atoms with Crippen LogP contribution in [-0.2, 0) is 0 Å². The molecule has 1 heterocycles. The minimum Gasteiger partial charge on any atom is -0.497 e. The first-order valence-corrected chi connectivity index (χ1v) is 6.00. The quantitative estimate of drug-likeness (QED) is 0.487. The van der Waals surface area contributed by atoms with Gasteiger partial charge in [-0.15, -0.1) is 0 Å². The van der Waals surface area contributed by atoms with Crippen molar-refractivity contribution in [1.29, 1.82) is 5.26 Å². The molecule has 0 saturated carbocycles. The second kappa shape index (κ2) is 6.30. The Bertz CT molecular complexity index is 748. The fraction of sp³-hybridized carbons (Fsp3) is 0.0667. The van der Waals surface area contributed by atoms with E-state index in [9.17, 15) is 10.1 Å². The predicted octanol–water partition coefficient (Wildman–Crippen LogP) is 3.20. The van der Waals surface area contributed by atoms with Crippen molar-refractivity contribution in [2.75, 3.05) is 7.11 Å². The van der Waals surface area contributed by atoms with Crippen LogP contribution in [0.25, 0.3) is 17.3 Å². The van der Waals surface area contributed by atoms with E-state index in [2.05, 4.69) is 4.98 Å². The number of nitrogens with zero attached hydrogens (tertiary/aromatic N) is 3. The SMILES string of the molecule is COc1ccnc(-c2ccc(C=CC#N)c([N+](=O)[O-])c2)c1. The monoisotopic (exact) mass is 281 g/mol. The second-order valence-corrected chi connectivity index (χ2v) is 4.07. The number of pyridine rings is 1. The van der Waals surface area contributed by atoms with Crippen LogP contribution in [0.3, 0.4) is 0 Å². The Labute approximate surface area is 121 Å². The lowest BCUT2D eigenvalue weighted by Gasteiger charge is -2.05. The van der Waals surface area contributed by atoms with Gasteiger partial charge in [-0.1, -0.05) is 6.07 Å². The molecule has 0 bridgehead atoms. The Kier molecular flexibility index (Phi) is 4.26. The topological polar surface area (TPSA) is 89.0 Å². The van der Waals surface area contributed by atoms with Gasteiger partial charge in [0.25, 0.3) is 5.69 Å². The van der Waals surface area contributed by atoms with E-state index in [1.807, 2.05) is 6.07 Å². The van der Waals surface area contributed by atoms with Gasteiger partial charge in [-0.25, -0.2) is 0 Å². The van der Waals surface area contributed by atoms with Crippen molar-refractivity contribution in [1.82, 2.24) is 4.98 Å². The number of methoxy groups -OCH3 is 1. The summed E-state index contributed by atoms with van der Waals surface area (Å²) in [7, 11) is 1.54. The molecule has 0 fully saturated rings. The number of ether oxygens (including phenoxy) is 1. The lowest BCUT2D eigenvalue weighted by molar-refractivity contribution is -0.385. The molecule has 0 spiro atoms. The maximum atomic E-state index is 11.1. The zero-order chi connectivity index (χ0) is 15.2. The average Bonchev–Trinajstić information content (AvgIpc) is 2.52. The Morgan fingerprint density at radius 1 is 1.38 bits per heavy atom. The molecule has 0 unspecified atom stereocenters. The molecule has 0 amide bonds. The van der Waals surface area contributed by atoms with Crippen molar-refractivity contribution in [3.8, 4) is 23.1 Å². The van der Waals surface area contributed by atoms with E-state index in [1.54, 1.807) is 30.5 Å². The maximum Gasteiger partial charge on any atom is 0.277 e. The summed E-state index contributed by atoms with van der Waals surface area (Å²) < 4.78 is 5.11. The van der Waals surface area contributed by atoms with Gasteiger partial charge in [0.1, 0.15) is 5.75 Å². The molecule has 21 heavy (non-hydrogen) atoms. The summed E-state index contributed by atoms with van der Waals surface area (Å²) in [5.74, 6) is 0.621. The largest absolute Gasteiger partial charge is 0.497 e. The highest BCUT2D eigenvalue weighted by atomic mass is 16.6. The minimum absolute atomic E-state index is 0.0800. The molecular formula is C15H11N3O3. The van der Waals surface area contributed by atoms with Gasteiger partial charge in [-0.3, -0.25) is 15.1 Å². The summed E-state index contributed by atoms with van der Waals surface area (Å²) in [5.41, 5.74) is 1.47. The number of nitro benzene ring substituents is 1. The van der Waals surface area contributed by atoms with Crippen molar-refractivity contribution >= 4 is 11.8 Å². The Morgan fingerprint density at radius 3 is 2.86 bits per heavy atom. The number of nitriles is 1. The molecule has 0 radical (unpaired) electrons. The smallest absolute Gasteiger partial charge is 0.277 e. The van der Waals surface area contributed by atoms with Crippen molar-refractivity contribution < 1.29 is 9.66 Å². The number of hydrogen-bond acceptors (Lipinski definition) is 5. The Morgan fingerprint density at radius 2 is 2.19 bits per heavy atom. The average molecular weight is 281 g/mol. The van der Waals surface area contributed by atoms with Crippen molar-refractivity contribution in [2.24, 2.45) is 0 Å². The fourth-order valence-electron chi connectivity index (χ4n) is 1.83. The van der Waals surface area contributed by atoms with E-state index in [1.165, 1.54) is 25.3 Å². The van der Waals surface area contributed by atoms with Gasteiger partial charge in [-0.05, 0) is 18.2 Å². The van der Waals surface area contributed by atoms with E-state index in [-0.39, 0.29) is 5.69 Å². The maximum absolute atomic E-state index is 11.1. The van der Waals surface area contributed by atoms with E-state index in [0.717, 1.165) is 0 Å². The number of hydrogen-bond donors (Lipinski definition) is 0. The lowest BCUT2D eigenvalue weighted by Crippen LogP contribution is -1.93. The minimum atomic E-state index is -0.485. The molecule has 0 aliphatic heterocycles. The van der Waals surface area contributed by atoms with Crippen LogP contribution >= 0.6 is 0 Å². The van der Waals surface area contributed by atoms with Crippen molar-refractivity contribution in [3.63, 3.8) is 0 Å². The number of nitro groups is 1. The van der Waals surface area contributed by atoms with E-state index in [4.69, 9.17) is 10.00 Å². The van der Waals surface area contributed by atoms with Gasteiger partial charge in [0.15, 0.2) is 0 Å². The van der Waals surface area contributed by atoms with Gasteiger partial charge in [0.2, 0.25) is 0 Å². The summed E-state index contributed by atoms with van der Waals surface area (Å²) in [6.07, 6.45) is 4.18. The molecule has 6 heteroatoms. The van der Waals surface area contributed by atoms with Crippen LogP contribution in [0.2, 0.25) is 0 Å². The Balaban J connectivity index is 2.51. The van der Waals surface area contributed by atoms with Crippen molar-refractivity contribution in [3.05, 3.63) is 58.3 Å². The normalized spacial score (nSPS) is 10.3. The lowest BCUT2D eigenvalue weighted by atomic mass is 10.1. The zero-order valence-electron chi connectivity index (χ0n) is 11.2. The van der Waals surface area contributed by atoms with Crippen LogP contribution in [-0.4, -0.2) is 17.0 Å². The molecule has 1 aromatic carbocycles. The molecule has 0 aliphatic carbocycles. The zero-order valence-corrected chi connectivity index (χ0v) is 11.2. The first-order chi connectivity index (χ1) is 10.2. The van der Waals surface area contributed by atoms with E-state index < -0.39 is 4.92 Å². The van der Waals surface area contributed by atoms with Gasteiger partial charge < -0.3 is 4.74 Å². The molecule has 1 aromatic heterocycles. The molecule has 0 aliphatic rings. The number of allylic oxidation sites excluding steroid dienone is 1. The van der Waals surface area contributed by atoms with Crippen molar-refractivity contribution in [2.45, 2.75) is 0 Å². The number of rotatable bonds is 4. The molecule has 0 saturated heterocycles. The van der Waals surface area contributed by atoms with Gasteiger partial charge >= 0.3 is 0 Å². The highest BCUT2D eigenvalue weighted by Gasteiger charge is 2.14. The molecule has 0 N–H and O–H groups in total. The van der Waals surface area contributed by atoms with Gasteiger partial charge in [0.05, 0.1) is 29.4 Å². The van der Waals surface area contributed by atoms with Crippen LogP contribution in [0, 0.1) is 21.4 Å². The predicted molar refractivity (Wildman–Crippen MR) is 77.5 cm³/mol. The summed E-state index contributed by atoms with van der Waals surface area (Å²) in [5, 5.41) is 19.7. The summed E-state index contributed by atoms with van der Waals surface area (Å²) >= 11 is 0. The highest BCUT2D eigenvalue weighted by molar-refractivity contribution is 5.71. The molecule has 104 valence electrons. The second-order valence-electron chi connectivity index (χ2n) is 4.07. The third-order valence-corrected chi connectivity index (χ3v) is 2.83. The Hall–Kier alpha value is -3.20. The first-order valence-electron chi connectivity index (χ1n) is 6.00. The fourth-order valence-corrected chi connectivity index (χ4v) is 1.83. The number of aromatic nitrogens is 1. The molecular weight excluding hydrogens is 270 g/mol. The summed E-state index contributed by atoms with van der Waals surface area (Å²) in [4.78, 5) is 14.8. The van der Waals surface area contributed by atoms with Crippen LogP contribution in [0.4, 0.5) is 5.69 Å². The third kappa shape index (κ3) is 3.22. The summed E-state index contributed by atoms with van der Waals surface area (Å²) in [6, 6.07) is 9.94. The van der Waals surface area contributed by atoms with E-state index >= 15 is 0 Å². The van der Waals surface area contributed by atoms with Crippen LogP contribution in [0.15, 0.2) is 42.6 Å². The molecule has 6 nitrogen and oxygen atoms in total. The van der Waals surface area contributed by atoms with Gasteiger partial charge in [-0.2, -0.15) is 5.26 Å². The molecule has 2 aromatic rings. The standard InChI is InChI=1S/C15H11N3O3/c1-21-13-6-8-17-14(10-13)12-5-4-11(3-2-7-16)15(9-12)18(19)20/h2-6,8-10H,1H3. The highest BCUT2D eigenvalue weighted by Crippen LogP contribution is 2.28. The van der Waals surface area contributed by atoms with Crippen LogP contribution in [0.5, 0.6) is 5.75 Å². The summed E-state index contributed by atoms with van der Waals surface area (Å²) in [6.45, 7) is 0. The number of benzene rings is 1.